The molecule has 10 heteroatoms. The number of hydrogen-bond donors (Lipinski definition) is 3. The van der Waals surface area contributed by atoms with Crippen LogP contribution < -0.4 is 14.8 Å². The molecule has 0 fully saturated rings. The Balaban J connectivity index is 1.65. The summed E-state index contributed by atoms with van der Waals surface area (Å²) in [6, 6.07) is 20.3. The highest BCUT2D eigenvalue weighted by Gasteiger charge is 2.15. The van der Waals surface area contributed by atoms with Crippen molar-refractivity contribution in [1.82, 2.24) is 0 Å². The van der Waals surface area contributed by atoms with Gasteiger partial charge in [0, 0.05) is 22.6 Å². The average molecular weight is 474 g/mol. The van der Waals surface area contributed by atoms with E-state index in [1.165, 1.54) is 24.3 Å². The second kappa shape index (κ2) is 9.84. The summed E-state index contributed by atoms with van der Waals surface area (Å²) in [6.45, 7) is 1.78. The Morgan fingerprint density at radius 2 is 1.28 bits per heavy atom. The first-order chi connectivity index (χ1) is 15.2. The number of amides is 1. The fourth-order valence-corrected chi connectivity index (χ4v) is 5.02. The van der Waals surface area contributed by atoms with Crippen LogP contribution in [-0.4, -0.2) is 28.5 Å². The molecule has 0 saturated carbocycles. The molecule has 0 unspecified atom stereocenters. The average Bonchev–Trinajstić information content (AvgIpc) is 2.75. The molecule has 0 aliphatic heterocycles. The zero-order valence-corrected chi connectivity index (χ0v) is 18.9. The van der Waals surface area contributed by atoms with Crippen molar-refractivity contribution >= 4 is 43.0 Å². The van der Waals surface area contributed by atoms with Gasteiger partial charge in [0.15, 0.2) is 0 Å². The van der Waals surface area contributed by atoms with Gasteiger partial charge in [0.1, 0.15) is 0 Å². The Bertz CT molecular complexity index is 1270. The van der Waals surface area contributed by atoms with Crippen LogP contribution in [0, 0.1) is 0 Å². The van der Waals surface area contributed by atoms with Crippen LogP contribution in [0.3, 0.4) is 0 Å². The standard InChI is InChI=1S/C22H23N3O5S2/c1-2-16-31(27,28)24-20-12-10-18(11-13-20)23-22(26)17-8-14-21(15-9-17)32(29,30)25-19-6-4-3-5-7-19/h3-15,24-25H,2,16H2,1H3,(H,23,26). The zero-order chi connectivity index (χ0) is 23.2. The number of carbonyl (C=O) groups is 1. The fraction of sp³-hybridized carbons (Fsp3) is 0.136. The van der Waals surface area contributed by atoms with Gasteiger partial charge in [-0.3, -0.25) is 14.2 Å². The number of hydrogen-bond acceptors (Lipinski definition) is 5. The lowest BCUT2D eigenvalue weighted by Gasteiger charge is -2.10. The van der Waals surface area contributed by atoms with Crippen LogP contribution in [0.4, 0.5) is 17.1 Å². The molecule has 3 aromatic carbocycles. The molecule has 3 N–H and O–H groups in total. The molecule has 0 heterocycles. The third-order valence-corrected chi connectivity index (χ3v) is 7.23. The summed E-state index contributed by atoms with van der Waals surface area (Å²) in [6.07, 6.45) is 0.506. The fourth-order valence-electron chi connectivity index (χ4n) is 2.83. The lowest BCUT2D eigenvalue weighted by atomic mass is 10.2. The molecule has 3 aromatic rings. The van der Waals surface area contributed by atoms with E-state index in [2.05, 4.69) is 14.8 Å². The van der Waals surface area contributed by atoms with Crippen molar-refractivity contribution in [1.29, 1.82) is 0 Å². The van der Waals surface area contributed by atoms with Crippen molar-refractivity contribution in [2.24, 2.45) is 0 Å². The largest absolute Gasteiger partial charge is 0.322 e. The monoisotopic (exact) mass is 473 g/mol. The highest BCUT2D eigenvalue weighted by atomic mass is 32.2. The molecule has 3 rings (SSSR count). The van der Waals surface area contributed by atoms with Gasteiger partial charge in [-0.05, 0) is 67.1 Å². The maximum Gasteiger partial charge on any atom is 0.261 e. The van der Waals surface area contributed by atoms with E-state index in [-0.39, 0.29) is 16.2 Å². The van der Waals surface area contributed by atoms with Crippen LogP contribution in [0.5, 0.6) is 0 Å². The first kappa shape index (κ1) is 23.3. The van der Waals surface area contributed by atoms with Crippen molar-refractivity contribution in [3.8, 4) is 0 Å². The summed E-state index contributed by atoms with van der Waals surface area (Å²) < 4.78 is 53.6. The van der Waals surface area contributed by atoms with Gasteiger partial charge in [0.25, 0.3) is 15.9 Å². The van der Waals surface area contributed by atoms with Gasteiger partial charge in [0.05, 0.1) is 10.6 Å². The van der Waals surface area contributed by atoms with Crippen LogP contribution >= 0.6 is 0 Å². The summed E-state index contributed by atoms with van der Waals surface area (Å²) in [7, 11) is -7.17. The molecule has 168 valence electrons. The maximum atomic E-state index is 12.5. The van der Waals surface area contributed by atoms with E-state index in [0.717, 1.165) is 0 Å². The molecule has 0 spiro atoms. The van der Waals surface area contributed by atoms with Crippen molar-refractivity contribution in [2.75, 3.05) is 20.5 Å². The number of sulfonamides is 2. The summed E-state index contributed by atoms with van der Waals surface area (Å²) in [5.74, 6) is -0.401. The highest BCUT2D eigenvalue weighted by molar-refractivity contribution is 7.93. The summed E-state index contributed by atoms with van der Waals surface area (Å²) >= 11 is 0. The van der Waals surface area contributed by atoms with Gasteiger partial charge < -0.3 is 5.32 Å². The lowest BCUT2D eigenvalue weighted by molar-refractivity contribution is 0.102. The molecule has 0 radical (unpaired) electrons. The first-order valence-corrected chi connectivity index (χ1v) is 12.9. The predicted molar refractivity (Wildman–Crippen MR) is 126 cm³/mol. The van der Waals surface area contributed by atoms with E-state index in [4.69, 9.17) is 0 Å². The molecule has 8 nitrogen and oxygen atoms in total. The minimum Gasteiger partial charge on any atom is -0.322 e. The SMILES string of the molecule is CCCS(=O)(=O)Nc1ccc(NC(=O)c2ccc(S(=O)(=O)Nc3ccccc3)cc2)cc1. The smallest absolute Gasteiger partial charge is 0.261 e. The van der Waals surface area contributed by atoms with Gasteiger partial charge >= 0.3 is 0 Å². The minimum atomic E-state index is -3.78. The number of para-hydroxylation sites is 1. The molecular weight excluding hydrogens is 450 g/mol. The van der Waals surface area contributed by atoms with Crippen molar-refractivity contribution < 1.29 is 21.6 Å². The Kier molecular flexibility index (Phi) is 7.16. The third kappa shape index (κ3) is 6.32. The van der Waals surface area contributed by atoms with Crippen LogP contribution in [0.1, 0.15) is 23.7 Å². The molecule has 32 heavy (non-hydrogen) atoms. The van der Waals surface area contributed by atoms with E-state index in [1.54, 1.807) is 61.5 Å². The molecule has 0 atom stereocenters. The normalized spacial score (nSPS) is 11.5. The lowest BCUT2D eigenvalue weighted by Crippen LogP contribution is -2.16. The quantitative estimate of drug-likeness (QED) is 0.435. The number of rotatable bonds is 9. The summed E-state index contributed by atoms with van der Waals surface area (Å²) in [5, 5.41) is 2.69. The van der Waals surface area contributed by atoms with Gasteiger partial charge in [-0.25, -0.2) is 16.8 Å². The number of nitrogens with one attached hydrogen (secondary N) is 3. The Morgan fingerprint density at radius 1 is 0.719 bits per heavy atom. The number of carbonyl (C=O) groups excluding carboxylic acids is 1. The van der Waals surface area contributed by atoms with Crippen LogP contribution in [0.25, 0.3) is 0 Å². The molecule has 0 saturated heterocycles. The van der Waals surface area contributed by atoms with E-state index >= 15 is 0 Å². The molecule has 0 bridgehead atoms. The Hall–Kier alpha value is -3.37. The van der Waals surface area contributed by atoms with E-state index in [9.17, 15) is 21.6 Å². The minimum absolute atomic E-state index is 0.0259. The second-order valence-electron chi connectivity index (χ2n) is 6.95. The van der Waals surface area contributed by atoms with E-state index in [1.807, 2.05) is 0 Å². The summed E-state index contributed by atoms with van der Waals surface area (Å²) in [4.78, 5) is 12.5. The second-order valence-corrected chi connectivity index (χ2v) is 10.5. The van der Waals surface area contributed by atoms with Crippen LogP contribution in [0.2, 0.25) is 0 Å². The summed E-state index contributed by atoms with van der Waals surface area (Å²) in [5.41, 5.74) is 1.58. The van der Waals surface area contributed by atoms with Crippen molar-refractivity contribution in [3.05, 3.63) is 84.4 Å². The number of anilines is 3. The predicted octanol–water partition coefficient (Wildman–Crippen LogP) is 3.89. The number of benzene rings is 3. The molecule has 0 aliphatic carbocycles. The molecule has 0 aromatic heterocycles. The maximum absolute atomic E-state index is 12.5. The van der Waals surface area contributed by atoms with Gasteiger partial charge in [0.2, 0.25) is 10.0 Å². The van der Waals surface area contributed by atoms with E-state index in [0.29, 0.717) is 23.5 Å². The van der Waals surface area contributed by atoms with Crippen LogP contribution in [0.15, 0.2) is 83.8 Å². The van der Waals surface area contributed by atoms with Crippen LogP contribution in [-0.2, 0) is 20.0 Å². The zero-order valence-electron chi connectivity index (χ0n) is 17.3. The van der Waals surface area contributed by atoms with Gasteiger partial charge in [-0.1, -0.05) is 25.1 Å². The van der Waals surface area contributed by atoms with Gasteiger partial charge in [-0.15, -0.1) is 0 Å². The highest BCUT2D eigenvalue weighted by Crippen LogP contribution is 2.19. The molecular formula is C22H23N3O5S2. The molecule has 1 amide bonds. The third-order valence-electron chi connectivity index (χ3n) is 4.34. The van der Waals surface area contributed by atoms with Crippen molar-refractivity contribution in [3.63, 3.8) is 0 Å². The Labute approximate surface area is 187 Å². The Morgan fingerprint density at radius 3 is 1.88 bits per heavy atom. The molecule has 0 aliphatic rings. The topological polar surface area (TPSA) is 121 Å². The van der Waals surface area contributed by atoms with Gasteiger partial charge in [-0.2, -0.15) is 0 Å². The van der Waals surface area contributed by atoms with E-state index < -0.39 is 26.0 Å². The first-order valence-electron chi connectivity index (χ1n) is 9.78. The van der Waals surface area contributed by atoms with Crippen molar-refractivity contribution in [2.45, 2.75) is 18.2 Å².